The van der Waals surface area contributed by atoms with Crippen LogP contribution in [-0.4, -0.2) is 4.98 Å². The fourth-order valence-electron chi connectivity index (χ4n) is 3.90. The van der Waals surface area contributed by atoms with Crippen molar-refractivity contribution in [2.24, 2.45) is 0 Å². The number of aromatic nitrogens is 1. The Morgan fingerprint density at radius 3 is 2.19 bits per heavy atom. The third-order valence-electron chi connectivity index (χ3n) is 5.26. The number of fused-ring (bicyclic) bond motifs is 1. The standard InChI is InChI=1S/C22H26ClN3/c23-19-13-10-9-11-16(19)21-17-12-7-5-3-1-2-4-6-8-14-20(17)26-22(25)18(21)15-24/h9-11,13H,1-8,12,14H2,(H2,25,26). The fraction of sp³-hybridized carbons (Fsp3) is 0.455. The van der Waals surface area contributed by atoms with E-state index in [0.717, 1.165) is 42.5 Å². The van der Waals surface area contributed by atoms with E-state index >= 15 is 0 Å². The molecule has 2 aromatic rings. The first kappa shape index (κ1) is 18.7. The van der Waals surface area contributed by atoms with Gasteiger partial charge in [-0.05, 0) is 37.3 Å². The normalized spacial score (nSPS) is 16.0. The highest BCUT2D eigenvalue weighted by molar-refractivity contribution is 6.33. The van der Waals surface area contributed by atoms with Crippen molar-refractivity contribution in [3.8, 4) is 17.2 Å². The van der Waals surface area contributed by atoms with Gasteiger partial charge in [-0.1, -0.05) is 68.3 Å². The van der Waals surface area contributed by atoms with Crippen molar-refractivity contribution in [1.29, 1.82) is 5.26 Å². The molecule has 0 bridgehead atoms. The molecular formula is C22H26ClN3. The molecule has 0 unspecified atom stereocenters. The van der Waals surface area contributed by atoms with Crippen LogP contribution in [0.3, 0.4) is 0 Å². The molecule has 0 amide bonds. The fourth-order valence-corrected chi connectivity index (χ4v) is 4.13. The smallest absolute Gasteiger partial charge is 0.142 e. The first-order valence-electron chi connectivity index (χ1n) is 9.68. The number of nitrogens with two attached hydrogens (primary N) is 1. The van der Waals surface area contributed by atoms with E-state index in [4.69, 9.17) is 17.3 Å². The van der Waals surface area contributed by atoms with E-state index in [0.29, 0.717) is 16.4 Å². The van der Waals surface area contributed by atoms with Crippen LogP contribution in [0.5, 0.6) is 0 Å². The number of nitriles is 1. The number of halogens is 1. The van der Waals surface area contributed by atoms with Crippen molar-refractivity contribution in [3.05, 3.63) is 46.1 Å². The first-order chi connectivity index (χ1) is 12.7. The molecule has 3 nitrogen and oxygen atoms in total. The molecule has 1 aromatic carbocycles. The van der Waals surface area contributed by atoms with Crippen LogP contribution in [0, 0.1) is 11.3 Å². The van der Waals surface area contributed by atoms with E-state index in [-0.39, 0.29) is 0 Å². The van der Waals surface area contributed by atoms with E-state index in [1.165, 1.54) is 44.1 Å². The molecule has 0 aliphatic heterocycles. The molecule has 0 saturated heterocycles. The number of hydrogen-bond donors (Lipinski definition) is 1. The van der Waals surface area contributed by atoms with Crippen molar-refractivity contribution in [2.75, 3.05) is 5.73 Å². The molecule has 1 heterocycles. The van der Waals surface area contributed by atoms with Crippen LogP contribution >= 0.6 is 11.6 Å². The predicted molar refractivity (Wildman–Crippen MR) is 108 cm³/mol. The Bertz CT molecular complexity index is 808. The van der Waals surface area contributed by atoms with E-state index in [1.54, 1.807) is 0 Å². The molecule has 0 spiro atoms. The van der Waals surface area contributed by atoms with Gasteiger partial charge in [0, 0.05) is 21.8 Å². The Morgan fingerprint density at radius 1 is 0.923 bits per heavy atom. The summed E-state index contributed by atoms with van der Waals surface area (Å²) < 4.78 is 0. The number of anilines is 1. The van der Waals surface area contributed by atoms with Crippen molar-refractivity contribution in [3.63, 3.8) is 0 Å². The second kappa shape index (κ2) is 9.05. The molecule has 0 saturated carbocycles. The zero-order chi connectivity index (χ0) is 18.4. The number of aryl methyl sites for hydroxylation is 1. The van der Waals surface area contributed by atoms with Crippen LogP contribution in [0.15, 0.2) is 24.3 Å². The van der Waals surface area contributed by atoms with Crippen LogP contribution in [-0.2, 0) is 12.8 Å². The molecule has 0 radical (unpaired) electrons. The minimum Gasteiger partial charge on any atom is -0.383 e. The highest BCUT2D eigenvalue weighted by atomic mass is 35.5. The van der Waals surface area contributed by atoms with Crippen molar-refractivity contribution in [2.45, 2.75) is 64.2 Å². The van der Waals surface area contributed by atoms with E-state index < -0.39 is 0 Å². The maximum absolute atomic E-state index is 9.75. The number of hydrogen-bond acceptors (Lipinski definition) is 3. The summed E-state index contributed by atoms with van der Waals surface area (Å²) in [7, 11) is 0. The maximum atomic E-state index is 9.75. The second-order valence-electron chi connectivity index (χ2n) is 7.09. The molecule has 1 aliphatic rings. The lowest BCUT2D eigenvalue weighted by molar-refractivity contribution is 0.557. The number of nitrogens with zero attached hydrogens (tertiary/aromatic N) is 2. The number of rotatable bonds is 1. The lowest BCUT2D eigenvalue weighted by Crippen LogP contribution is -2.09. The Hall–Kier alpha value is -2.05. The molecule has 4 heteroatoms. The quantitative estimate of drug-likeness (QED) is 0.664. The minimum absolute atomic E-state index is 0.327. The van der Waals surface area contributed by atoms with E-state index in [9.17, 15) is 5.26 Å². The zero-order valence-electron chi connectivity index (χ0n) is 15.2. The summed E-state index contributed by atoms with van der Waals surface area (Å²) in [5, 5.41) is 10.4. The lowest BCUT2D eigenvalue weighted by Gasteiger charge is -2.19. The van der Waals surface area contributed by atoms with Gasteiger partial charge in [0.05, 0.1) is 0 Å². The molecule has 136 valence electrons. The SMILES string of the molecule is N#Cc1c(N)nc2c(c1-c1ccccc1Cl)CCCCCCCCCC2. The predicted octanol–water partition coefficient (Wildman–Crippen LogP) is 6.08. The van der Waals surface area contributed by atoms with Gasteiger partial charge in [0.2, 0.25) is 0 Å². The average Bonchev–Trinajstić information content (AvgIpc) is 2.63. The summed E-state index contributed by atoms with van der Waals surface area (Å²) >= 11 is 6.49. The molecule has 3 rings (SSSR count). The van der Waals surface area contributed by atoms with Gasteiger partial charge in [0.25, 0.3) is 0 Å². The number of benzene rings is 1. The summed E-state index contributed by atoms with van der Waals surface area (Å²) in [4.78, 5) is 4.64. The zero-order valence-corrected chi connectivity index (χ0v) is 16.0. The van der Waals surface area contributed by atoms with E-state index in [1.807, 2.05) is 24.3 Å². The minimum atomic E-state index is 0.327. The Labute approximate surface area is 161 Å². The molecular weight excluding hydrogens is 342 g/mol. The summed E-state index contributed by atoms with van der Waals surface area (Å²) in [5.41, 5.74) is 10.7. The van der Waals surface area contributed by atoms with Crippen LogP contribution in [0.4, 0.5) is 5.82 Å². The molecule has 0 atom stereocenters. The van der Waals surface area contributed by atoms with Crippen molar-refractivity contribution in [1.82, 2.24) is 4.98 Å². The number of nitrogen functional groups attached to an aromatic ring is 1. The van der Waals surface area contributed by atoms with Crippen LogP contribution in [0.1, 0.15) is 68.2 Å². The Kier molecular flexibility index (Phi) is 6.52. The van der Waals surface area contributed by atoms with Gasteiger partial charge in [-0.15, -0.1) is 0 Å². The van der Waals surface area contributed by atoms with Crippen molar-refractivity contribution < 1.29 is 0 Å². The van der Waals surface area contributed by atoms with Crippen LogP contribution in [0.25, 0.3) is 11.1 Å². The third kappa shape index (κ3) is 4.19. The summed E-state index contributed by atoms with van der Waals surface area (Å²) in [6.07, 6.45) is 11.8. The van der Waals surface area contributed by atoms with Gasteiger partial charge in [0.15, 0.2) is 0 Å². The van der Waals surface area contributed by atoms with Gasteiger partial charge in [-0.25, -0.2) is 4.98 Å². The Balaban J connectivity index is 2.14. The molecule has 2 N–H and O–H groups in total. The van der Waals surface area contributed by atoms with Gasteiger partial charge < -0.3 is 5.73 Å². The second-order valence-corrected chi connectivity index (χ2v) is 7.50. The van der Waals surface area contributed by atoms with Gasteiger partial charge >= 0.3 is 0 Å². The van der Waals surface area contributed by atoms with Gasteiger partial charge in [0.1, 0.15) is 17.5 Å². The largest absolute Gasteiger partial charge is 0.383 e. The summed E-state index contributed by atoms with van der Waals surface area (Å²) in [6, 6.07) is 10.0. The third-order valence-corrected chi connectivity index (χ3v) is 5.59. The Morgan fingerprint density at radius 2 is 1.54 bits per heavy atom. The first-order valence-corrected chi connectivity index (χ1v) is 10.1. The monoisotopic (exact) mass is 367 g/mol. The number of pyridine rings is 1. The van der Waals surface area contributed by atoms with Crippen LogP contribution < -0.4 is 5.73 Å². The molecule has 1 aliphatic carbocycles. The molecule has 1 aromatic heterocycles. The molecule has 26 heavy (non-hydrogen) atoms. The van der Waals surface area contributed by atoms with E-state index in [2.05, 4.69) is 11.1 Å². The lowest BCUT2D eigenvalue weighted by atomic mass is 9.89. The van der Waals surface area contributed by atoms with Gasteiger partial charge in [-0.3, -0.25) is 0 Å². The summed E-state index contributed by atoms with van der Waals surface area (Å²) in [6.45, 7) is 0. The molecule has 0 fully saturated rings. The van der Waals surface area contributed by atoms with Crippen molar-refractivity contribution >= 4 is 17.4 Å². The van der Waals surface area contributed by atoms with Gasteiger partial charge in [-0.2, -0.15) is 5.26 Å². The topological polar surface area (TPSA) is 62.7 Å². The van der Waals surface area contributed by atoms with Crippen LogP contribution in [0.2, 0.25) is 5.02 Å². The highest BCUT2D eigenvalue weighted by Crippen LogP contribution is 2.37. The maximum Gasteiger partial charge on any atom is 0.142 e. The highest BCUT2D eigenvalue weighted by Gasteiger charge is 2.21. The summed E-state index contributed by atoms with van der Waals surface area (Å²) in [5.74, 6) is 0.327. The average molecular weight is 368 g/mol.